The van der Waals surface area contributed by atoms with Crippen molar-refractivity contribution in [1.82, 2.24) is 19.7 Å². The van der Waals surface area contributed by atoms with E-state index in [-0.39, 0.29) is 16.6 Å². The molecule has 2 aromatic heterocycles. The minimum absolute atomic E-state index is 0.0641. The highest BCUT2D eigenvalue weighted by molar-refractivity contribution is 7.91. The number of rotatable bonds is 5. The maximum absolute atomic E-state index is 12.9. The molecule has 0 saturated heterocycles. The summed E-state index contributed by atoms with van der Waals surface area (Å²) in [6.45, 7) is 0.0641. The molecule has 0 saturated carbocycles. The molecule has 6 nitrogen and oxygen atoms in total. The second-order valence-electron chi connectivity index (χ2n) is 4.52. The Bertz CT molecular complexity index is 896. The van der Waals surface area contributed by atoms with Crippen LogP contribution in [0.25, 0.3) is 10.6 Å². The summed E-state index contributed by atoms with van der Waals surface area (Å²) in [7, 11) is -3.68. The zero-order valence-corrected chi connectivity index (χ0v) is 13.3. The molecule has 23 heavy (non-hydrogen) atoms. The van der Waals surface area contributed by atoms with Crippen LogP contribution in [0.3, 0.4) is 0 Å². The fourth-order valence-electron chi connectivity index (χ4n) is 1.77. The lowest BCUT2D eigenvalue weighted by Gasteiger charge is -2.03. The normalized spacial score (nSPS) is 11.5. The van der Waals surface area contributed by atoms with Gasteiger partial charge in [-0.05, 0) is 30.3 Å². The van der Waals surface area contributed by atoms with E-state index in [1.165, 1.54) is 30.9 Å². The lowest BCUT2D eigenvalue weighted by atomic mass is 10.2. The van der Waals surface area contributed by atoms with Crippen LogP contribution in [0.5, 0.6) is 0 Å². The van der Waals surface area contributed by atoms with Gasteiger partial charge in [0.25, 0.3) is 10.0 Å². The van der Waals surface area contributed by atoms with Crippen LogP contribution in [-0.4, -0.2) is 23.4 Å². The lowest BCUT2D eigenvalue weighted by molar-refractivity contribution is 0.582. The Morgan fingerprint density at radius 2 is 1.91 bits per heavy atom. The first-order valence-electron chi connectivity index (χ1n) is 6.51. The highest BCUT2D eigenvalue weighted by Gasteiger charge is 2.18. The minimum atomic E-state index is -3.68. The minimum Gasteiger partial charge on any atom is -0.245 e. The molecule has 9 heteroatoms. The van der Waals surface area contributed by atoms with Crippen LogP contribution in [0.2, 0.25) is 0 Å². The largest absolute Gasteiger partial charge is 0.252 e. The Balaban J connectivity index is 1.77. The number of nitrogens with one attached hydrogen (secondary N) is 1. The summed E-state index contributed by atoms with van der Waals surface area (Å²) >= 11 is 1.02. The molecule has 0 fully saturated rings. The number of thiazole rings is 1. The Morgan fingerprint density at radius 1 is 1.13 bits per heavy atom. The van der Waals surface area contributed by atoms with Crippen LogP contribution in [0.4, 0.5) is 4.39 Å². The topological polar surface area (TPSA) is 84.8 Å². The summed E-state index contributed by atoms with van der Waals surface area (Å²) < 4.78 is 40.0. The van der Waals surface area contributed by atoms with Gasteiger partial charge in [0.05, 0.1) is 18.4 Å². The number of hydrogen-bond donors (Lipinski definition) is 1. The summed E-state index contributed by atoms with van der Waals surface area (Å²) in [6, 6.07) is 7.34. The fraction of sp³-hybridized carbons (Fsp3) is 0.0714. The van der Waals surface area contributed by atoms with Crippen molar-refractivity contribution in [3.8, 4) is 10.6 Å². The van der Waals surface area contributed by atoms with Gasteiger partial charge in [-0.3, -0.25) is 0 Å². The van der Waals surface area contributed by atoms with Crippen molar-refractivity contribution in [3.63, 3.8) is 0 Å². The maximum Gasteiger partial charge on any atom is 0.252 e. The van der Waals surface area contributed by atoms with Crippen LogP contribution < -0.4 is 4.72 Å². The first kappa shape index (κ1) is 15.7. The first-order chi connectivity index (χ1) is 11.0. The Morgan fingerprint density at radius 3 is 2.61 bits per heavy atom. The van der Waals surface area contributed by atoms with Gasteiger partial charge in [-0.15, -0.1) is 11.3 Å². The molecule has 0 unspecified atom stereocenters. The predicted octanol–water partition coefficient (Wildman–Crippen LogP) is 2.22. The van der Waals surface area contributed by atoms with Crippen molar-refractivity contribution in [2.24, 2.45) is 0 Å². The zero-order valence-electron chi connectivity index (χ0n) is 11.7. The molecule has 0 bridgehead atoms. The van der Waals surface area contributed by atoms with E-state index >= 15 is 0 Å². The Labute approximate surface area is 136 Å². The molecule has 0 aliphatic carbocycles. The van der Waals surface area contributed by atoms with E-state index in [9.17, 15) is 12.8 Å². The molecule has 0 spiro atoms. The number of nitrogens with zero attached hydrogens (tertiary/aromatic N) is 3. The molecule has 0 aliphatic rings. The van der Waals surface area contributed by atoms with Crippen LogP contribution in [0.1, 0.15) is 5.69 Å². The van der Waals surface area contributed by atoms with Crippen molar-refractivity contribution in [2.45, 2.75) is 10.8 Å². The van der Waals surface area contributed by atoms with Gasteiger partial charge >= 0.3 is 0 Å². The van der Waals surface area contributed by atoms with E-state index < -0.39 is 10.0 Å². The second kappa shape index (κ2) is 6.49. The molecule has 0 atom stereocenters. The van der Waals surface area contributed by atoms with Crippen LogP contribution in [0.15, 0.2) is 53.3 Å². The molecule has 3 aromatic rings. The van der Waals surface area contributed by atoms with Crippen molar-refractivity contribution in [3.05, 3.63) is 60.6 Å². The monoisotopic (exact) mass is 350 g/mol. The third-order valence-electron chi connectivity index (χ3n) is 2.93. The molecular weight excluding hydrogens is 339 g/mol. The fourth-order valence-corrected chi connectivity index (χ4v) is 3.95. The van der Waals surface area contributed by atoms with E-state index in [2.05, 4.69) is 19.7 Å². The van der Waals surface area contributed by atoms with Crippen LogP contribution >= 0.6 is 11.3 Å². The molecule has 3 rings (SSSR count). The summed E-state index contributed by atoms with van der Waals surface area (Å²) in [5.41, 5.74) is 1.22. The van der Waals surface area contributed by atoms with Crippen molar-refractivity contribution >= 4 is 21.4 Å². The molecule has 2 heterocycles. The highest BCUT2D eigenvalue weighted by atomic mass is 32.2. The number of halogens is 1. The molecular formula is C14H11FN4O2S2. The zero-order chi connectivity index (χ0) is 16.3. The van der Waals surface area contributed by atoms with Gasteiger partial charge in [0, 0.05) is 11.8 Å². The van der Waals surface area contributed by atoms with Gasteiger partial charge < -0.3 is 0 Å². The van der Waals surface area contributed by atoms with Crippen molar-refractivity contribution < 1.29 is 12.8 Å². The summed E-state index contributed by atoms with van der Waals surface area (Å²) in [5.74, 6) is -0.357. The van der Waals surface area contributed by atoms with Gasteiger partial charge in [0.1, 0.15) is 17.2 Å². The third kappa shape index (κ3) is 3.76. The van der Waals surface area contributed by atoms with Gasteiger partial charge in [-0.25, -0.2) is 32.5 Å². The molecule has 118 valence electrons. The van der Waals surface area contributed by atoms with Crippen LogP contribution in [0, 0.1) is 5.82 Å². The quantitative estimate of drug-likeness (QED) is 0.763. The number of benzene rings is 1. The van der Waals surface area contributed by atoms with Crippen molar-refractivity contribution in [1.29, 1.82) is 0 Å². The predicted molar refractivity (Wildman–Crippen MR) is 83.6 cm³/mol. The van der Waals surface area contributed by atoms with E-state index in [0.717, 1.165) is 11.3 Å². The molecule has 0 aliphatic heterocycles. The van der Waals surface area contributed by atoms with Gasteiger partial charge in [0.2, 0.25) is 0 Å². The Hall–Kier alpha value is -2.23. The van der Waals surface area contributed by atoms with Crippen LogP contribution in [-0.2, 0) is 16.6 Å². The summed E-state index contributed by atoms with van der Waals surface area (Å²) in [5, 5.41) is 0.507. The second-order valence-corrected chi connectivity index (χ2v) is 7.54. The average molecular weight is 350 g/mol. The third-order valence-corrected chi connectivity index (χ3v) is 5.84. The molecule has 0 radical (unpaired) electrons. The van der Waals surface area contributed by atoms with Gasteiger partial charge in [-0.2, -0.15) is 0 Å². The maximum atomic E-state index is 12.9. The first-order valence-corrected chi connectivity index (χ1v) is 8.81. The SMILES string of the molecule is O=S(=O)(NCc1ccncn1)c1cnc(-c2ccc(F)cc2)s1. The van der Waals surface area contributed by atoms with Gasteiger partial charge in [0.15, 0.2) is 4.21 Å². The van der Waals surface area contributed by atoms with Crippen molar-refractivity contribution in [2.75, 3.05) is 0 Å². The lowest BCUT2D eigenvalue weighted by Crippen LogP contribution is -2.22. The summed E-state index contributed by atoms with van der Waals surface area (Å²) in [6.07, 6.45) is 4.17. The number of hydrogen-bond acceptors (Lipinski definition) is 6. The van der Waals surface area contributed by atoms with Gasteiger partial charge in [-0.1, -0.05) is 0 Å². The van der Waals surface area contributed by atoms with E-state index in [0.29, 0.717) is 16.3 Å². The number of sulfonamides is 1. The van der Waals surface area contributed by atoms with E-state index in [1.54, 1.807) is 18.2 Å². The molecule has 1 N–H and O–H groups in total. The van der Waals surface area contributed by atoms with E-state index in [4.69, 9.17) is 0 Å². The number of aromatic nitrogens is 3. The average Bonchev–Trinajstić information content (AvgIpc) is 3.06. The molecule has 1 aromatic carbocycles. The van der Waals surface area contributed by atoms with E-state index in [1.807, 2.05) is 0 Å². The molecule has 0 amide bonds. The summed E-state index contributed by atoms with van der Waals surface area (Å²) in [4.78, 5) is 11.8. The standard InChI is InChI=1S/C14H11FN4O2S2/c15-11-3-1-10(2-4-11)14-17-8-13(22-14)23(20,21)19-7-12-5-6-16-9-18-12/h1-6,8-9,19H,7H2. The Kier molecular flexibility index (Phi) is 4.42. The smallest absolute Gasteiger partial charge is 0.245 e. The highest BCUT2D eigenvalue weighted by Crippen LogP contribution is 2.27.